The van der Waals surface area contributed by atoms with Gasteiger partial charge in [-0.15, -0.1) is 0 Å². The van der Waals surface area contributed by atoms with Gasteiger partial charge in [0.05, 0.1) is 0 Å². The van der Waals surface area contributed by atoms with Crippen molar-refractivity contribution in [1.82, 2.24) is 10.2 Å². The minimum Gasteiger partial charge on any atom is -0.508 e. The Hall–Kier alpha value is -1.62. The average molecular weight is 236 g/mol. The average Bonchev–Trinajstić information content (AvgIpc) is 2.50. The summed E-state index contributed by atoms with van der Waals surface area (Å²) in [5.41, 5.74) is 0.988. The molecule has 1 aliphatic heterocycles. The predicted octanol–water partition coefficient (Wildman–Crippen LogP) is 0.650. The zero-order valence-electron chi connectivity index (χ0n) is 8.80. The fraction of sp³-hybridized carbons (Fsp3) is 0.273. The Labute approximate surface area is 98.9 Å². The fourth-order valence-electron chi connectivity index (χ4n) is 1.65. The number of nitrogens with zero attached hydrogens (tertiary/aromatic N) is 1. The van der Waals surface area contributed by atoms with Gasteiger partial charge in [0, 0.05) is 13.5 Å². The standard InChI is InChI=1S/C11H12N2O2S/c1-13-10(15)9(12-11(13)16)6-7-2-4-8(14)5-3-7/h2-5,9,14H,6H2,1H3,(H,12,16)/t9-/m0/s1. The van der Waals surface area contributed by atoms with Gasteiger partial charge in [-0.1, -0.05) is 12.1 Å². The van der Waals surface area contributed by atoms with Crippen LogP contribution in [-0.4, -0.2) is 34.1 Å². The molecular formula is C11H12N2O2S. The number of likely N-dealkylation sites (N-methyl/N-ethyl adjacent to an activating group) is 1. The maximum absolute atomic E-state index is 11.7. The molecule has 1 amide bonds. The number of amides is 1. The molecule has 4 nitrogen and oxygen atoms in total. The number of phenols is 1. The molecule has 0 spiro atoms. The number of thiocarbonyl (C=S) groups is 1. The van der Waals surface area contributed by atoms with Crippen LogP contribution in [0.25, 0.3) is 0 Å². The summed E-state index contributed by atoms with van der Waals surface area (Å²) in [6, 6.07) is 6.52. The second kappa shape index (κ2) is 4.09. The summed E-state index contributed by atoms with van der Waals surface area (Å²) >= 11 is 4.99. The van der Waals surface area contributed by atoms with Gasteiger partial charge in [-0.05, 0) is 29.9 Å². The number of phenolic OH excluding ortho intramolecular Hbond substituents is 1. The van der Waals surface area contributed by atoms with Gasteiger partial charge in [-0.25, -0.2) is 0 Å². The predicted molar refractivity (Wildman–Crippen MR) is 64.1 cm³/mol. The van der Waals surface area contributed by atoms with Crippen molar-refractivity contribution in [2.75, 3.05) is 7.05 Å². The lowest BCUT2D eigenvalue weighted by Gasteiger charge is -2.08. The van der Waals surface area contributed by atoms with Gasteiger partial charge in [0.2, 0.25) is 0 Å². The van der Waals surface area contributed by atoms with E-state index in [1.54, 1.807) is 31.3 Å². The van der Waals surface area contributed by atoms with Crippen LogP contribution in [0.2, 0.25) is 0 Å². The number of carbonyl (C=O) groups is 1. The van der Waals surface area contributed by atoms with Gasteiger partial charge in [0.1, 0.15) is 11.8 Å². The highest BCUT2D eigenvalue weighted by Crippen LogP contribution is 2.14. The third kappa shape index (κ3) is 1.99. The lowest BCUT2D eigenvalue weighted by Crippen LogP contribution is -2.31. The molecule has 84 valence electrons. The Morgan fingerprint density at radius 2 is 2.06 bits per heavy atom. The molecule has 1 aromatic carbocycles. The van der Waals surface area contributed by atoms with E-state index in [4.69, 9.17) is 17.3 Å². The number of carbonyl (C=O) groups excluding carboxylic acids is 1. The molecule has 1 fully saturated rings. The molecule has 1 saturated heterocycles. The summed E-state index contributed by atoms with van der Waals surface area (Å²) in [7, 11) is 1.66. The van der Waals surface area contributed by atoms with Crippen molar-refractivity contribution < 1.29 is 9.90 Å². The molecule has 5 heteroatoms. The molecule has 1 heterocycles. The van der Waals surface area contributed by atoms with Crippen molar-refractivity contribution in [3.05, 3.63) is 29.8 Å². The van der Waals surface area contributed by atoms with E-state index in [0.29, 0.717) is 11.5 Å². The van der Waals surface area contributed by atoms with Gasteiger partial charge >= 0.3 is 0 Å². The van der Waals surface area contributed by atoms with Gasteiger partial charge < -0.3 is 10.4 Å². The van der Waals surface area contributed by atoms with E-state index >= 15 is 0 Å². The van der Waals surface area contributed by atoms with Crippen molar-refractivity contribution in [3.8, 4) is 5.75 Å². The zero-order valence-corrected chi connectivity index (χ0v) is 9.62. The number of benzene rings is 1. The second-order valence-corrected chi connectivity index (χ2v) is 4.16. The van der Waals surface area contributed by atoms with Crippen molar-refractivity contribution in [1.29, 1.82) is 0 Å². The quantitative estimate of drug-likeness (QED) is 0.740. The summed E-state index contributed by atoms with van der Waals surface area (Å²) in [5, 5.41) is 12.6. The lowest BCUT2D eigenvalue weighted by molar-refractivity contribution is -0.126. The van der Waals surface area contributed by atoms with Crippen molar-refractivity contribution in [2.45, 2.75) is 12.5 Å². The molecule has 1 atom stereocenters. The van der Waals surface area contributed by atoms with E-state index in [2.05, 4.69) is 5.32 Å². The number of rotatable bonds is 2. The summed E-state index contributed by atoms with van der Waals surface area (Å²) in [5.74, 6) is 0.208. The van der Waals surface area contributed by atoms with Crippen LogP contribution in [0, 0.1) is 0 Å². The SMILES string of the molecule is CN1C(=O)[C@H](Cc2ccc(O)cc2)NC1=S. The van der Waals surface area contributed by atoms with Crippen LogP contribution >= 0.6 is 12.2 Å². The van der Waals surface area contributed by atoms with Crippen LogP contribution in [0.4, 0.5) is 0 Å². The highest BCUT2D eigenvalue weighted by Gasteiger charge is 2.32. The monoisotopic (exact) mass is 236 g/mol. The summed E-state index contributed by atoms with van der Waals surface area (Å²) in [4.78, 5) is 13.2. The molecule has 0 unspecified atom stereocenters. The van der Waals surface area contributed by atoms with Gasteiger partial charge in [-0.2, -0.15) is 0 Å². The largest absolute Gasteiger partial charge is 0.508 e. The van der Waals surface area contributed by atoms with E-state index in [1.807, 2.05) is 0 Å². The molecule has 16 heavy (non-hydrogen) atoms. The summed E-state index contributed by atoms with van der Waals surface area (Å²) < 4.78 is 0. The van der Waals surface area contributed by atoms with E-state index < -0.39 is 0 Å². The summed E-state index contributed by atoms with van der Waals surface area (Å²) in [6.07, 6.45) is 0.573. The van der Waals surface area contributed by atoms with Crippen molar-refractivity contribution in [3.63, 3.8) is 0 Å². The fourth-order valence-corrected chi connectivity index (χ4v) is 1.88. The van der Waals surface area contributed by atoms with Crippen LogP contribution in [0.5, 0.6) is 5.75 Å². The van der Waals surface area contributed by atoms with Gasteiger partial charge in [0.15, 0.2) is 5.11 Å². The summed E-state index contributed by atoms with van der Waals surface area (Å²) in [6.45, 7) is 0. The molecule has 1 aliphatic rings. The second-order valence-electron chi connectivity index (χ2n) is 3.77. The highest BCUT2D eigenvalue weighted by atomic mass is 32.1. The number of aromatic hydroxyl groups is 1. The highest BCUT2D eigenvalue weighted by molar-refractivity contribution is 7.80. The molecule has 0 aliphatic carbocycles. The van der Waals surface area contributed by atoms with E-state index in [1.165, 1.54) is 4.90 Å². The molecule has 0 aromatic heterocycles. The van der Waals surface area contributed by atoms with Crippen LogP contribution in [-0.2, 0) is 11.2 Å². The Morgan fingerprint density at radius 3 is 2.56 bits per heavy atom. The van der Waals surface area contributed by atoms with Crippen LogP contribution in [0.15, 0.2) is 24.3 Å². The lowest BCUT2D eigenvalue weighted by atomic mass is 10.1. The number of hydrogen-bond donors (Lipinski definition) is 2. The van der Waals surface area contributed by atoms with Gasteiger partial charge in [0.25, 0.3) is 5.91 Å². The van der Waals surface area contributed by atoms with Crippen LogP contribution in [0.1, 0.15) is 5.56 Å². The van der Waals surface area contributed by atoms with Gasteiger partial charge in [-0.3, -0.25) is 9.69 Å². The van der Waals surface area contributed by atoms with Crippen LogP contribution < -0.4 is 5.32 Å². The first-order valence-electron chi connectivity index (χ1n) is 4.94. The zero-order chi connectivity index (χ0) is 11.7. The topological polar surface area (TPSA) is 52.6 Å². The molecule has 0 bridgehead atoms. The Morgan fingerprint density at radius 1 is 1.44 bits per heavy atom. The van der Waals surface area contributed by atoms with E-state index in [9.17, 15) is 4.79 Å². The maximum atomic E-state index is 11.7. The third-order valence-electron chi connectivity index (χ3n) is 2.61. The Bertz CT molecular complexity index is 430. The van der Waals surface area contributed by atoms with Crippen molar-refractivity contribution >= 4 is 23.2 Å². The first-order chi connectivity index (χ1) is 7.58. The first-order valence-corrected chi connectivity index (χ1v) is 5.35. The van der Waals surface area contributed by atoms with E-state index in [-0.39, 0.29) is 17.7 Å². The normalized spacial score (nSPS) is 20.1. The Kier molecular flexibility index (Phi) is 2.78. The molecule has 0 radical (unpaired) electrons. The molecule has 1 aromatic rings. The molecule has 2 N–H and O–H groups in total. The smallest absolute Gasteiger partial charge is 0.251 e. The Balaban J connectivity index is 2.09. The first kappa shape index (κ1) is 10.9. The minimum absolute atomic E-state index is 0.0157. The number of nitrogens with one attached hydrogen (secondary N) is 1. The van der Waals surface area contributed by atoms with Crippen molar-refractivity contribution in [2.24, 2.45) is 0 Å². The molecular weight excluding hydrogens is 224 g/mol. The molecule has 0 saturated carbocycles. The van der Waals surface area contributed by atoms with E-state index in [0.717, 1.165) is 5.56 Å². The number of hydrogen-bond acceptors (Lipinski definition) is 3. The molecule has 2 rings (SSSR count). The minimum atomic E-state index is -0.290. The third-order valence-corrected chi connectivity index (χ3v) is 3.00. The maximum Gasteiger partial charge on any atom is 0.251 e. The van der Waals surface area contributed by atoms with Crippen LogP contribution in [0.3, 0.4) is 0 Å².